The van der Waals surface area contributed by atoms with E-state index in [0.717, 1.165) is 18.5 Å². The number of hydrogen-bond acceptors (Lipinski definition) is 1. The van der Waals surface area contributed by atoms with Gasteiger partial charge < -0.3 is 5.32 Å². The van der Waals surface area contributed by atoms with Crippen LogP contribution < -0.4 is 5.32 Å². The van der Waals surface area contributed by atoms with Crippen LogP contribution in [0.3, 0.4) is 0 Å². The van der Waals surface area contributed by atoms with Crippen LogP contribution in [0.5, 0.6) is 0 Å². The summed E-state index contributed by atoms with van der Waals surface area (Å²) in [6.07, 6.45) is 4.88. The minimum Gasteiger partial charge on any atom is -0.310 e. The van der Waals surface area contributed by atoms with Gasteiger partial charge in [-0.2, -0.15) is 0 Å². The van der Waals surface area contributed by atoms with Crippen LogP contribution in [0.15, 0.2) is 12.1 Å². The lowest BCUT2D eigenvalue weighted by atomic mass is 9.77. The average molecular weight is 270 g/mol. The molecule has 1 nitrogen and oxygen atoms in total. The molecule has 2 rings (SSSR count). The van der Waals surface area contributed by atoms with E-state index < -0.39 is 0 Å². The highest BCUT2D eigenvalue weighted by Gasteiger charge is 2.29. The Kier molecular flexibility index (Phi) is 4.63. The van der Waals surface area contributed by atoms with E-state index >= 15 is 0 Å². The maximum absolute atomic E-state index is 13.5. The van der Waals surface area contributed by atoms with E-state index in [1.165, 1.54) is 25.3 Å². The van der Waals surface area contributed by atoms with E-state index in [2.05, 4.69) is 12.2 Å². The van der Waals surface area contributed by atoms with Crippen LogP contribution in [0, 0.1) is 18.7 Å². The smallest absolute Gasteiger partial charge is 0.127 e. The highest BCUT2D eigenvalue weighted by molar-refractivity contribution is 6.31. The quantitative estimate of drug-likeness (QED) is 0.822. The van der Waals surface area contributed by atoms with Crippen molar-refractivity contribution in [1.82, 2.24) is 5.32 Å². The number of nitrogens with one attached hydrogen (secondary N) is 1. The van der Waals surface area contributed by atoms with E-state index in [1.807, 2.05) is 6.07 Å². The molecule has 1 atom stereocenters. The summed E-state index contributed by atoms with van der Waals surface area (Å²) in [6, 6.07) is 3.64. The molecule has 1 aromatic carbocycles. The zero-order valence-corrected chi connectivity index (χ0v) is 11.9. The molecule has 0 bridgehead atoms. The molecule has 0 amide bonds. The molecule has 1 aliphatic carbocycles. The summed E-state index contributed by atoms with van der Waals surface area (Å²) in [5.74, 6) is 0.436. The van der Waals surface area contributed by atoms with Crippen molar-refractivity contribution in [3.63, 3.8) is 0 Å². The molecule has 3 heteroatoms. The zero-order valence-electron chi connectivity index (χ0n) is 11.1. The van der Waals surface area contributed by atoms with E-state index in [1.54, 1.807) is 6.92 Å². The minimum atomic E-state index is -0.216. The maximum atomic E-state index is 13.5. The fourth-order valence-corrected chi connectivity index (χ4v) is 2.79. The van der Waals surface area contributed by atoms with Gasteiger partial charge in [-0.1, -0.05) is 31.0 Å². The van der Waals surface area contributed by atoms with Crippen molar-refractivity contribution in [1.29, 1.82) is 0 Å². The summed E-state index contributed by atoms with van der Waals surface area (Å²) in [5, 5.41) is 4.12. The lowest BCUT2D eigenvalue weighted by Crippen LogP contribution is -2.33. The van der Waals surface area contributed by atoms with Gasteiger partial charge in [0.15, 0.2) is 0 Å². The first-order valence-corrected chi connectivity index (χ1v) is 7.20. The van der Waals surface area contributed by atoms with Crippen LogP contribution in [0.25, 0.3) is 0 Å². The van der Waals surface area contributed by atoms with E-state index in [0.29, 0.717) is 16.5 Å². The molecule has 1 unspecified atom stereocenters. The van der Waals surface area contributed by atoms with Crippen molar-refractivity contribution in [3.8, 4) is 0 Å². The molecule has 1 aromatic rings. The third kappa shape index (κ3) is 2.86. The number of rotatable bonds is 5. The minimum absolute atomic E-state index is 0.216. The molecular weight excluding hydrogens is 249 g/mol. The molecule has 1 fully saturated rings. The first kappa shape index (κ1) is 13.8. The average Bonchev–Trinajstić information content (AvgIpc) is 2.27. The second-order valence-electron chi connectivity index (χ2n) is 5.25. The molecule has 1 N–H and O–H groups in total. The lowest BCUT2D eigenvalue weighted by molar-refractivity contribution is 0.231. The highest BCUT2D eigenvalue weighted by Crippen LogP contribution is 2.40. The maximum Gasteiger partial charge on any atom is 0.127 e. The van der Waals surface area contributed by atoms with Crippen molar-refractivity contribution < 1.29 is 4.39 Å². The zero-order chi connectivity index (χ0) is 13.1. The van der Waals surface area contributed by atoms with Gasteiger partial charge in [0.25, 0.3) is 0 Å². The molecular formula is C15H21ClFN. The topological polar surface area (TPSA) is 12.0 Å². The largest absolute Gasteiger partial charge is 0.310 e. The van der Waals surface area contributed by atoms with Gasteiger partial charge in [0.05, 0.1) is 0 Å². The van der Waals surface area contributed by atoms with Crippen molar-refractivity contribution in [3.05, 3.63) is 34.1 Å². The van der Waals surface area contributed by atoms with E-state index in [4.69, 9.17) is 11.6 Å². The van der Waals surface area contributed by atoms with Crippen LogP contribution in [-0.2, 0) is 0 Å². The van der Waals surface area contributed by atoms with Gasteiger partial charge in [0, 0.05) is 11.1 Å². The summed E-state index contributed by atoms with van der Waals surface area (Å²) >= 11 is 6.22. The highest BCUT2D eigenvalue weighted by atomic mass is 35.5. The molecule has 0 saturated heterocycles. The molecule has 0 spiro atoms. The van der Waals surface area contributed by atoms with Crippen molar-refractivity contribution in [2.24, 2.45) is 5.92 Å². The Hall–Kier alpha value is -0.600. The van der Waals surface area contributed by atoms with Gasteiger partial charge in [-0.3, -0.25) is 0 Å². The van der Waals surface area contributed by atoms with Gasteiger partial charge in [0.2, 0.25) is 0 Å². The van der Waals surface area contributed by atoms with Crippen LogP contribution >= 0.6 is 11.6 Å². The first-order valence-electron chi connectivity index (χ1n) is 6.82. The summed E-state index contributed by atoms with van der Waals surface area (Å²) in [4.78, 5) is 0. The second kappa shape index (κ2) is 6.03. The Labute approximate surface area is 114 Å². The standard InChI is InChI=1S/C15H21ClFN/c1-3-7-18-15(11-5-4-6-11)12-8-10(2)14(17)9-13(12)16/h8-9,11,15,18H,3-7H2,1-2H3. The normalized spacial score (nSPS) is 17.6. The third-order valence-corrected chi connectivity index (χ3v) is 4.18. The van der Waals surface area contributed by atoms with E-state index in [-0.39, 0.29) is 11.9 Å². The number of halogens is 2. The summed E-state index contributed by atoms with van der Waals surface area (Å²) in [6.45, 7) is 4.93. The van der Waals surface area contributed by atoms with E-state index in [9.17, 15) is 4.39 Å². The Morgan fingerprint density at radius 1 is 1.44 bits per heavy atom. The number of benzene rings is 1. The molecule has 0 heterocycles. The Bertz CT molecular complexity index is 415. The lowest BCUT2D eigenvalue weighted by Gasteiger charge is -2.35. The van der Waals surface area contributed by atoms with Crippen LogP contribution in [0.1, 0.15) is 49.8 Å². The molecule has 0 aliphatic heterocycles. The van der Waals surface area contributed by atoms with Crippen LogP contribution in [-0.4, -0.2) is 6.54 Å². The van der Waals surface area contributed by atoms with Gasteiger partial charge >= 0.3 is 0 Å². The van der Waals surface area contributed by atoms with Gasteiger partial charge in [-0.15, -0.1) is 0 Å². The molecule has 1 saturated carbocycles. The third-order valence-electron chi connectivity index (χ3n) is 3.85. The van der Waals surface area contributed by atoms with Crippen LogP contribution in [0.4, 0.5) is 4.39 Å². The number of hydrogen-bond donors (Lipinski definition) is 1. The van der Waals surface area contributed by atoms with Crippen molar-refractivity contribution >= 4 is 11.6 Å². The van der Waals surface area contributed by atoms with Gasteiger partial charge in [0.1, 0.15) is 5.82 Å². The summed E-state index contributed by atoms with van der Waals surface area (Å²) in [5.41, 5.74) is 1.74. The Morgan fingerprint density at radius 3 is 2.72 bits per heavy atom. The number of aryl methyl sites for hydroxylation is 1. The molecule has 18 heavy (non-hydrogen) atoms. The molecule has 0 radical (unpaired) electrons. The summed E-state index contributed by atoms with van der Waals surface area (Å²) < 4.78 is 13.5. The summed E-state index contributed by atoms with van der Waals surface area (Å²) in [7, 11) is 0. The molecule has 100 valence electrons. The van der Waals surface area contributed by atoms with Gasteiger partial charge in [-0.25, -0.2) is 4.39 Å². The second-order valence-corrected chi connectivity index (χ2v) is 5.65. The predicted molar refractivity (Wildman–Crippen MR) is 74.5 cm³/mol. The van der Waals surface area contributed by atoms with Crippen LogP contribution in [0.2, 0.25) is 5.02 Å². The monoisotopic (exact) mass is 269 g/mol. The Morgan fingerprint density at radius 2 is 2.17 bits per heavy atom. The Balaban J connectivity index is 2.25. The fraction of sp³-hybridized carbons (Fsp3) is 0.600. The molecule has 1 aliphatic rings. The van der Waals surface area contributed by atoms with Gasteiger partial charge in [-0.05, 0) is 55.8 Å². The first-order chi connectivity index (χ1) is 8.63. The fourth-order valence-electron chi connectivity index (χ4n) is 2.52. The predicted octanol–water partition coefficient (Wildman–Crippen LogP) is 4.63. The SMILES string of the molecule is CCCNC(c1cc(C)c(F)cc1Cl)C1CCC1. The van der Waals surface area contributed by atoms with Crippen molar-refractivity contribution in [2.45, 2.75) is 45.6 Å². The van der Waals surface area contributed by atoms with Crippen molar-refractivity contribution in [2.75, 3.05) is 6.54 Å². The molecule has 0 aromatic heterocycles.